The fraction of sp³-hybridized carbons (Fsp3) is 0.158. The standard InChI is InChI=1S/C19H14O5/c1-22-11-6-7-17-13(8-11)15(20)9-18(24-17)14-10-23-16-5-3-2-4-12(16)19(14)21/h2-8,10,18H,9H2,1H3. The first kappa shape index (κ1) is 14.5. The van der Waals surface area contributed by atoms with Gasteiger partial charge in [-0.1, -0.05) is 12.1 Å². The number of ether oxygens (including phenoxy) is 2. The van der Waals surface area contributed by atoms with Gasteiger partial charge in [-0.25, -0.2) is 0 Å². The van der Waals surface area contributed by atoms with Gasteiger partial charge in [0.25, 0.3) is 0 Å². The number of Topliss-reactive ketones (excluding diaryl/α,β-unsaturated/α-hetero) is 1. The molecule has 5 nitrogen and oxygen atoms in total. The van der Waals surface area contributed by atoms with Crippen LogP contribution in [-0.4, -0.2) is 12.9 Å². The predicted octanol–water partition coefficient (Wildman–Crippen LogP) is 3.51. The Balaban J connectivity index is 1.77. The fourth-order valence-electron chi connectivity index (χ4n) is 2.92. The molecule has 0 N–H and O–H groups in total. The highest BCUT2D eigenvalue weighted by Gasteiger charge is 2.30. The van der Waals surface area contributed by atoms with Crippen LogP contribution in [0, 0.1) is 0 Å². The molecule has 3 aromatic rings. The maximum Gasteiger partial charge on any atom is 0.199 e. The average Bonchev–Trinajstić information content (AvgIpc) is 2.62. The Bertz CT molecular complexity index is 1000. The summed E-state index contributed by atoms with van der Waals surface area (Å²) < 4.78 is 16.5. The van der Waals surface area contributed by atoms with Crippen molar-refractivity contribution < 1.29 is 18.7 Å². The molecule has 1 unspecified atom stereocenters. The zero-order valence-electron chi connectivity index (χ0n) is 12.9. The molecule has 0 fully saturated rings. The Labute approximate surface area is 137 Å². The molecule has 0 saturated carbocycles. The van der Waals surface area contributed by atoms with Gasteiger partial charge < -0.3 is 13.9 Å². The van der Waals surface area contributed by atoms with Crippen molar-refractivity contribution in [1.82, 2.24) is 0 Å². The molecule has 1 aromatic heterocycles. The molecule has 1 atom stereocenters. The lowest BCUT2D eigenvalue weighted by atomic mass is 9.96. The average molecular weight is 322 g/mol. The van der Waals surface area contributed by atoms with Gasteiger partial charge in [-0.15, -0.1) is 0 Å². The molecule has 2 heterocycles. The molecule has 5 heteroatoms. The van der Waals surface area contributed by atoms with Crippen LogP contribution in [0.3, 0.4) is 0 Å². The number of carbonyl (C=O) groups is 1. The molecule has 4 rings (SSSR count). The van der Waals surface area contributed by atoms with Gasteiger partial charge in [0.1, 0.15) is 29.4 Å². The maximum absolute atomic E-state index is 12.7. The van der Waals surface area contributed by atoms with Crippen molar-refractivity contribution in [2.75, 3.05) is 7.11 Å². The molecule has 24 heavy (non-hydrogen) atoms. The smallest absolute Gasteiger partial charge is 0.199 e. The summed E-state index contributed by atoms with van der Waals surface area (Å²) in [4.78, 5) is 25.1. The summed E-state index contributed by atoms with van der Waals surface area (Å²) in [5, 5.41) is 0.478. The number of hydrogen-bond acceptors (Lipinski definition) is 5. The third-order valence-electron chi connectivity index (χ3n) is 4.18. The third-order valence-corrected chi connectivity index (χ3v) is 4.18. The Hall–Kier alpha value is -3.08. The van der Waals surface area contributed by atoms with Crippen LogP contribution in [0.5, 0.6) is 11.5 Å². The molecule has 0 aliphatic carbocycles. The highest BCUT2D eigenvalue weighted by Crippen LogP contribution is 2.36. The summed E-state index contributed by atoms with van der Waals surface area (Å²) in [6.07, 6.45) is 0.819. The van der Waals surface area contributed by atoms with E-state index < -0.39 is 6.10 Å². The van der Waals surface area contributed by atoms with Gasteiger partial charge in [0.15, 0.2) is 11.2 Å². The number of benzene rings is 2. The largest absolute Gasteiger partial charge is 0.497 e. The Morgan fingerprint density at radius 2 is 1.96 bits per heavy atom. The molecule has 2 aromatic carbocycles. The maximum atomic E-state index is 12.7. The zero-order valence-corrected chi connectivity index (χ0v) is 12.9. The summed E-state index contributed by atoms with van der Waals surface area (Å²) >= 11 is 0. The lowest BCUT2D eigenvalue weighted by Gasteiger charge is -2.25. The minimum atomic E-state index is -0.653. The Morgan fingerprint density at radius 1 is 1.12 bits per heavy atom. The molecule has 0 spiro atoms. The lowest BCUT2D eigenvalue weighted by Crippen LogP contribution is -2.25. The van der Waals surface area contributed by atoms with E-state index in [1.54, 1.807) is 49.6 Å². The summed E-state index contributed by atoms with van der Waals surface area (Å²) in [5.41, 5.74) is 1.16. The van der Waals surface area contributed by atoms with E-state index in [0.717, 1.165) is 0 Å². The van der Waals surface area contributed by atoms with E-state index in [1.807, 2.05) is 0 Å². The van der Waals surface area contributed by atoms with Crippen molar-refractivity contribution >= 4 is 16.8 Å². The number of rotatable bonds is 2. The first-order valence-corrected chi connectivity index (χ1v) is 7.55. The van der Waals surface area contributed by atoms with E-state index in [-0.39, 0.29) is 17.6 Å². The van der Waals surface area contributed by atoms with Crippen LogP contribution in [0.4, 0.5) is 0 Å². The first-order chi connectivity index (χ1) is 11.7. The molecular weight excluding hydrogens is 308 g/mol. The topological polar surface area (TPSA) is 65.7 Å². The highest BCUT2D eigenvalue weighted by molar-refractivity contribution is 6.00. The summed E-state index contributed by atoms with van der Waals surface area (Å²) in [5.74, 6) is 0.951. The van der Waals surface area contributed by atoms with E-state index in [2.05, 4.69) is 0 Å². The van der Waals surface area contributed by atoms with Crippen molar-refractivity contribution in [3.63, 3.8) is 0 Å². The molecule has 0 amide bonds. The predicted molar refractivity (Wildman–Crippen MR) is 87.8 cm³/mol. The van der Waals surface area contributed by atoms with Gasteiger partial charge in [0.05, 0.1) is 30.0 Å². The SMILES string of the molecule is COc1ccc2c(c1)C(=O)CC(c1coc3ccccc3c1=O)O2. The van der Waals surface area contributed by atoms with E-state index in [4.69, 9.17) is 13.9 Å². The highest BCUT2D eigenvalue weighted by atomic mass is 16.5. The van der Waals surface area contributed by atoms with E-state index in [0.29, 0.717) is 33.6 Å². The molecule has 0 saturated heterocycles. The van der Waals surface area contributed by atoms with Gasteiger partial charge in [-0.3, -0.25) is 9.59 Å². The first-order valence-electron chi connectivity index (χ1n) is 7.55. The van der Waals surface area contributed by atoms with E-state index in [9.17, 15) is 9.59 Å². The van der Waals surface area contributed by atoms with Crippen LogP contribution < -0.4 is 14.9 Å². The second kappa shape index (κ2) is 5.53. The number of carbonyl (C=O) groups excluding carboxylic acids is 1. The summed E-state index contributed by atoms with van der Waals surface area (Å²) in [6, 6.07) is 12.1. The number of methoxy groups -OCH3 is 1. The second-order valence-electron chi connectivity index (χ2n) is 5.61. The van der Waals surface area contributed by atoms with E-state index >= 15 is 0 Å². The number of ketones is 1. The third kappa shape index (κ3) is 2.25. The van der Waals surface area contributed by atoms with Crippen LogP contribution in [0.2, 0.25) is 0 Å². The number of hydrogen-bond donors (Lipinski definition) is 0. The molecule has 0 radical (unpaired) electrons. The van der Waals surface area contributed by atoms with Gasteiger partial charge >= 0.3 is 0 Å². The van der Waals surface area contributed by atoms with Gasteiger partial charge in [-0.2, -0.15) is 0 Å². The van der Waals surface area contributed by atoms with Crippen molar-refractivity contribution in [3.8, 4) is 11.5 Å². The van der Waals surface area contributed by atoms with Crippen molar-refractivity contribution in [2.45, 2.75) is 12.5 Å². The monoisotopic (exact) mass is 322 g/mol. The number of para-hydroxylation sites is 1. The van der Waals surface area contributed by atoms with E-state index in [1.165, 1.54) is 6.26 Å². The van der Waals surface area contributed by atoms with Crippen molar-refractivity contribution in [3.05, 3.63) is 70.1 Å². The van der Waals surface area contributed by atoms with Crippen LogP contribution in [-0.2, 0) is 0 Å². The van der Waals surface area contributed by atoms with Crippen LogP contribution in [0.25, 0.3) is 11.0 Å². The molecule has 1 aliphatic rings. The molecule has 1 aliphatic heterocycles. The van der Waals surface area contributed by atoms with Crippen molar-refractivity contribution in [2.24, 2.45) is 0 Å². The van der Waals surface area contributed by atoms with Gasteiger partial charge in [0.2, 0.25) is 0 Å². The fourth-order valence-corrected chi connectivity index (χ4v) is 2.92. The Kier molecular flexibility index (Phi) is 3.34. The van der Waals surface area contributed by atoms with Crippen LogP contribution >= 0.6 is 0 Å². The lowest BCUT2D eigenvalue weighted by molar-refractivity contribution is 0.0846. The van der Waals surface area contributed by atoms with Crippen LogP contribution in [0.1, 0.15) is 28.4 Å². The Morgan fingerprint density at radius 3 is 2.79 bits per heavy atom. The van der Waals surface area contributed by atoms with Gasteiger partial charge in [0, 0.05) is 0 Å². The zero-order chi connectivity index (χ0) is 16.7. The minimum Gasteiger partial charge on any atom is -0.497 e. The summed E-state index contributed by atoms with van der Waals surface area (Å²) in [6.45, 7) is 0. The minimum absolute atomic E-state index is 0.0866. The van der Waals surface area contributed by atoms with Crippen LogP contribution in [0.15, 0.2) is 57.9 Å². The van der Waals surface area contributed by atoms with Gasteiger partial charge in [-0.05, 0) is 30.3 Å². The quantitative estimate of drug-likeness (QED) is 0.722. The second-order valence-corrected chi connectivity index (χ2v) is 5.61. The van der Waals surface area contributed by atoms with Crippen molar-refractivity contribution in [1.29, 1.82) is 0 Å². The molecular formula is C19H14O5. The number of fused-ring (bicyclic) bond motifs is 2. The summed E-state index contributed by atoms with van der Waals surface area (Å²) in [7, 11) is 1.54. The molecule has 120 valence electrons. The molecule has 0 bridgehead atoms. The normalized spacial score (nSPS) is 16.5.